The van der Waals surface area contributed by atoms with E-state index in [-0.39, 0.29) is 11.9 Å². The predicted molar refractivity (Wildman–Crippen MR) is 127 cm³/mol. The molecule has 0 unspecified atom stereocenters. The van der Waals surface area contributed by atoms with Gasteiger partial charge in [-0.25, -0.2) is 0 Å². The SMILES string of the molecule is CCCCCCCCNOC(=O)CCCCCCCC(=O)ONCCCCCCCC. The summed E-state index contributed by atoms with van der Waals surface area (Å²) >= 11 is 0. The van der Waals surface area contributed by atoms with Crippen LogP contribution >= 0.6 is 0 Å². The first kappa shape index (κ1) is 29.9. The van der Waals surface area contributed by atoms with Crippen molar-refractivity contribution in [3.05, 3.63) is 0 Å². The standard InChI is InChI=1S/C25H50N2O4/c1-3-5-7-9-14-18-22-26-30-24(28)20-16-12-11-13-17-21-25(29)31-27-23-19-15-10-8-6-4-2/h26-27H,3-23H2,1-2H3. The van der Waals surface area contributed by atoms with Gasteiger partial charge < -0.3 is 9.68 Å². The lowest BCUT2D eigenvalue weighted by Gasteiger charge is -2.06. The Morgan fingerprint density at radius 2 is 0.806 bits per heavy atom. The van der Waals surface area contributed by atoms with E-state index in [4.69, 9.17) is 9.68 Å². The molecule has 0 rings (SSSR count). The van der Waals surface area contributed by atoms with Gasteiger partial charge in [-0.05, 0) is 25.7 Å². The Balaban J connectivity index is 3.26. The van der Waals surface area contributed by atoms with E-state index in [9.17, 15) is 9.59 Å². The van der Waals surface area contributed by atoms with Crippen LogP contribution in [0.2, 0.25) is 0 Å². The lowest BCUT2D eigenvalue weighted by atomic mass is 10.1. The second-order valence-corrected chi connectivity index (χ2v) is 8.54. The third-order valence-electron chi connectivity index (χ3n) is 5.40. The van der Waals surface area contributed by atoms with Gasteiger partial charge in [0, 0.05) is 25.9 Å². The molecule has 6 heteroatoms. The number of carbonyl (C=O) groups excluding carboxylic acids is 2. The monoisotopic (exact) mass is 442 g/mol. The number of hydroxylamine groups is 2. The quantitative estimate of drug-likeness (QED) is 0.131. The fourth-order valence-corrected chi connectivity index (χ4v) is 3.39. The molecule has 0 atom stereocenters. The maximum absolute atomic E-state index is 11.7. The van der Waals surface area contributed by atoms with Crippen LogP contribution in [-0.2, 0) is 19.3 Å². The van der Waals surface area contributed by atoms with Crippen molar-refractivity contribution in [2.45, 2.75) is 136 Å². The van der Waals surface area contributed by atoms with Crippen molar-refractivity contribution < 1.29 is 19.3 Å². The molecular formula is C25H50N2O4. The summed E-state index contributed by atoms with van der Waals surface area (Å²) in [5.41, 5.74) is 5.56. The minimum Gasteiger partial charge on any atom is -0.371 e. The number of hydrogen-bond donors (Lipinski definition) is 2. The van der Waals surface area contributed by atoms with Crippen molar-refractivity contribution in [3.63, 3.8) is 0 Å². The predicted octanol–water partition coefficient (Wildman–Crippen LogP) is 6.53. The average Bonchev–Trinajstić information content (AvgIpc) is 2.76. The molecule has 0 radical (unpaired) electrons. The van der Waals surface area contributed by atoms with Gasteiger partial charge in [-0.1, -0.05) is 97.3 Å². The number of carbonyl (C=O) groups is 2. The summed E-state index contributed by atoms with van der Waals surface area (Å²) in [5.74, 6) is -0.350. The fourth-order valence-electron chi connectivity index (χ4n) is 3.39. The van der Waals surface area contributed by atoms with Crippen LogP contribution in [0.5, 0.6) is 0 Å². The number of nitrogens with one attached hydrogen (secondary N) is 2. The van der Waals surface area contributed by atoms with Gasteiger partial charge >= 0.3 is 11.9 Å². The lowest BCUT2D eigenvalue weighted by molar-refractivity contribution is -0.152. The highest BCUT2D eigenvalue weighted by atomic mass is 16.7. The summed E-state index contributed by atoms with van der Waals surface area (Å²) in [6, 6.07) is 0. The third kappa shape index (κ3) is 25.0. The summed E-state index contributed by atoms with van der Waals surface area (Å²) in [4.78, 5) is 33.4. The zero-order valence-corrected chi connectivity index (χ0v) is 20.5. The minimum absolute atomic E-state index is 0.175. The van der Waals surface area contributed by atoms with Crippen LogP contribution in [0.4, 0.5) is 0 Å². The summed E-state index contributed by atoms with van der Waals surface area (Å²) in [6.07, 6.45) is 20.3. The van der Waals surface area contributed by atoms with Crippen molar-refractivity contribution in [1.29, 1.82) is 0 Å². The Morgan fingerprint density at radius 1 is 0.484 bits per heavy atom. The Morgan fingerprint density at radius 3 is 1.19 bits per heavy atom. The van der Waals surface area contributed by atoms with E-state index in [0.29, 0.717) is 12.8 Å². The summed E-state index contributed by atoms with van der Waals surface area (Å²) < 4.78 is 0. The van der Waals surface area contributed by atoms with E-state index in [0.717, 1.165) is 58.0 Å². The van der Waals surface area contributed by atoms with Gasteiger partial charge in [0.05, 0.1) is 0 Å². The molecule has 0 aliphatic heterocycles. The number of unbranched alkanes of at least 4 members (excludes halogenated alkanes) is 14. The molecule has 0 spiro atoms. The topological polar surface area (TPSA) is 76.7 Å². The van der Waals surface area contributed by atoms with Gasteiger partial charge in [0.2, 0.25) is 0 Å². The van der Waals surface area contributed by atoms with Crippen molar-refractivity contribution >= 4 is 11.9 Å². The first-order chi connectivity index (χ1) is 15.2. The molecule has 0 heterocycles. The molecular weight excluding hydrogens is 392 g/mol. The van der Waals surface area contributed by atoms with Crippen molar-refractivity contribution in [3.8, 4) is 0 Å². The highest BCUT2D eigenvalue weighted by Gasteiger charge is 2.04. The number of rotatable bonds is 24. The van der Waals surface area contributed by atoms with E-state index >= 15 is 0 Å². The molecule has 0 amide bonds. The van der Waals surface area contributed by atoms with Crippen LogP contribution in [0.1, 0.15) is 136 Å². The van der Waals surface area contributed by atoms with Gasteiger partial charge in [0.15, 0.2) is 0 Å². The molecule has 0 saturated carbocycles. The van der Waals surface area contributed by atoms with Gasteiger partial charge in [-0.15, -0.1) is 0 Å². The number of hydrogen-bond acceptors (Lipinski definition) is 6. The van der Waals surface area contributed by atoms with Crippen molar-refractivity contribution in [2.24, 2.45) is 0 Å². The maximum atomic E-state index is 11.7. The first-order valence-corrected chi connectivity index (χ1v) is 13.1. The molecule has 0 aliphatic rings. The average molecular weight is 443 g/mol. The summed E-state index contributed by atoms with van der Waals surface area (Å²) in [5, 5.41) is 0. The molecule has 0 fully saturated rings. The second-order valence-electron chi connectivity index (χ2n) is 8.54. The van der Waals surface area contributed by atoms with E-state index in [2.05, 4.69) is 24.8 Å². The normalized spacial score (nSPS) is 10.9. The van der Waals surface area contributed by atoms with Gasteiger partial charge in [0.25, 0.3) is 0 Å². The molecule has 0 saturated heterocycles. The fraction of sp³-hybridized carbons (Fsp3) is 0.920. The van der Waals surface area contributed by atoms with Gasteiger partial charge in [-0.2, -0.15) is 11.0 Å². The summed E-state index contributed by atoms with van der Waals surface area (Å²) in [7, 11) is 0. The van der Waals surface area contributed by atoms with Crippen LogP contribution in [0.25, 0.3) is 0 Å². The molecule has 0 aromatic rings. The van der Waals surface area contributed by atoms with Gasteiger partial charge in [0.1, 0.15) is 0 Å². The van der Waals surface area contributed by atoms with E-state index in [1.165, 1.54) is 64.2 Å². The minimum atomic E-state index is -0.175. The Bertz CT molecular complexity index is 369. The zero-order chi connectivity index (χ0) is 22.8. The zero-order valence-electron chi connectivity index (χ0n) is 20.5. The molecule has 0 aromatic heterocycles. The highest BCUT2D eigenvalue weighted by Crippen LogP contribution is 2.09. The molecule has 31 heavy (non-hydrogen) atoms. The van der Waals surface area contributed by atoms with Crippen LogP contribution in [0.15, 0.2) is 0 Å². The molecule has 0 bridgehead atoms. The van der Waals surface area contributed by atoms with E-state index in [1.54, 1.807) is 0 Å². The Kier molecular flexibility index (Phi) is 24.2. The molecule has 2 N–H and O–H groups in total. The van der Waals surface area contributed by atoms with Gasteiger partial charge in [-0.3, -0.25) is 9.59 Å². The van der Waals surface area contributed by atoms with Crippen molar-refractivity contribution in [1.82, 2.24) is 11.0 Å². The molecule has 184 valence electrons. The highest BCUT2D eigenvalue weighted by molar-refractivity contribution is 5.69. The van der Waals surface area contributed by atoms with E-state index < -0.39 is 0 Å². The molecule has 6 nitrogen and oxygen atoms in total. The molecule has 0 aliphatic carbocycles. The van der Waals surface area contributed by atoms with Crippen LogP contribution in [0, 0.1) is 0 Å². The van der Waals surface area contributed by atoms with Crippen LogP contribution in [-0.4, -0.2) is 25.0 Å². The van der Waals surface area contributed by atoms with Crippen molar-refractivity contribution in [2.75, 3.05) is 13.1 Å². The second kappa shape index (κ2) is 25.1. The third-order valence-corrected chi connectivity index (χ3v) is 5.40. The first-order valence-electron chi connectivity index (χ1n) is 13.1. The Labute approximate surface area is 191 Å². The Hall–Kier alpha value is -1.14. The van der Waals surface area contributed by atoms with Crippen LogP contribution < -0.4 is 11.0 Å². The maximum Gasteiger partial charge on any atom is 0.324 e. The lowest BCUT2D eigenvalue weighted by Crippen LogP contribution is -2.21. The van der Waals surface area contributed by atoms with Crippen LogP contribution in [0.3, 0.4) is 0 Å². The smallest absolute Gasteiger partial charge is 0.324 e. The molecule has 0 aromatic carbocycles. The largest absolute Gasteiger partial charge is 0.371 e. The summed E-state index contributed by atoms with van der Waals surface area (Å²) in [6.45, 7) is 5.91. The van der Waals surface area contributed by atoms with E-state index in [1.807, 2.05) is 0 Å².